The molecule has 23 heavy (non-hydrogen) atoms. The lowest BCUT2D eigenvalue weighted by Gasteiger charge is -2.22. The lowest BCUT2D eigenvalue weighted by atomic mass is 10.1. The highest BCUT2D eigenvalue weighted by Gasteiger charge is 2.29. The van der Waals surface area contributed by atoms with Gasteiger partial charge in [-0.1, -0.05) is 30.3 Å². The molecule has 0 unspecified atom stereocenters. The van der Waals surface area contributed by atoms with Gasteiger partial charge in [-0.25, -0.2) is 5.01 Å². The number of anilines is 1. The van der Waals surface area contributed by atoms with Gasteiger partial charge in [0.05, 0.1) is 16.3 Å². The Morgan fingerprint density at radius 3 is 2.52 bits per heavy atom. The van der Waals surface area contributed by atoms with Crippen LogP contribution in [-0.2, 0) is 4.74 Å². The van der Waals surface area contributed by atoms with Crippen LogP contribution in [0.15, 0.2) is 59.7 Å². The number of nitro benzene ring substituents is 1. The molecule has 0 fully saturated rings. The Bertz CT molecular complexity index is 714. The predicted octanol–water partition coefficient (Wildman–Crippen LogP) is 3.57. The number of hydrazone groups is 1. The maximum absolute atomic E-state index is 10.8. The van der Waals surface area contributed by atoms with Crippen molar-refractivity contribution in [3.8, 4) is 0 Å². The molecule has 0 radical (unpaired) electrons. The van der Waals surface area contributed by atoms with Crippen molar-refractivity contribution in [3.05, 3.63) is 70.3 Å². The molecular formula is C17H17N3O3. The largest absolute Gasteiger partial charge is 0.356 e. The SMILES string of the molecule is CCO[C@@H]1CC(c2ccccc2)=NN1c1ccc([N+](=O)[O-])cc1. The van der Waals surface area contributed by atoms with Gasteiger partial charge < -0.3 is 4.74 Å². The van der Waals surface area contributed by atoms with Gasteiger partial charge in [-0.15, -0.1) is 0 Å². The Kier molecular flexibility index (Phi) is 4.34. The Labute approximate surface area is 134 Å². The third-order valence-corrected chi connectivity index (χ3v) is 3.66. The average Bonchev–Trinajstić information content (AvgIpc) is 3.00. The second kappa shape index (κ2) is 6.58. The van der Waals surface area contributed by atoms with Gasteiger partial charge in [0.1, 0.15) is 0 Å². The van der Waals surface area contributed by atoms with E-state index in [4.69, 9.17) is 4.74 Å². The monoisotopic (exact) mass is 311 g/mol. The number of benzene rings is 2. The van der Waals surface area contributed by atoms with Gasteiger partial charge in [-0.3, -0.25) is 10.1 Å². The highest BCUT2D eigenvalue weighted by atomic mass is 16.6. The van der Waals surface area contributed by atoms with E-state index < -0.39 is 4.92 Å². The van der Waals surface area contributed by atoms with Crippen molar-refractivity contribution in [2.45, 2.75) is 19.6 Å². The zero-order valence-corrected chi connectivity index (χ0v) is 12.8. The van der Waals surface area contributed by atoms with Gasteiger partial charge >= 0.3 is 0 Å². The molecule has 118 valence electrons. The second-order valence-electron chi connectivity index (χ2n) is 5.14. The summed E-state index contributed by atoms with van der Waals surface area (Å²) in [5.41, 5.74) is 2.84. The fourth-order valence-corrected chi connectivity index (χ4v) is 2.57. The maximum Gasteiger partial charge on any atom is 0.269 e. The highest BCUT2D eigenvalue weighted by molar-refractivity contribution is 6.03. The van der Waals surface area contributed by atoms with E-state index in [0.717, 1.165) is 17.0 Å². The molecule has 2 aromatic rings. The molecule has 1 aliphatic heterocycles. The molecule has 0 aromatic heterocycles. The summed E-state index contributed by atoms with van der Waals surface area (Å²) in [6, 6.07) is 16.3. The standard InChI is InChI=1S/C17H17N3O3/c1-2-23-17-12-16(13-6-4-3-5-7-13)18-19(17)14-8-10-15(11-9-14)20(21)22/h3-11,17H,2,12H2,1H3/t17-/m1/s1. The van der Waals surface area contributed by atoms with Crippen LogP contribution in [0.3, 0.4) is 0 Å². The molecule has 0 amide bonds. The summed E-state index contributed by atoms with van der Waals surface area (Å²) in [5, 5.41) is 17.2. The molecule has 6 nitrogen and oxygen atoms in total. The molecule has 1 aliphatic rings. The first-order valence-corrected chi connectivity index (χ1v) is 7.47. The van der Waals surface area contributed by atoms with Crippen LogP contribution in [-0.4, -0.2) is 23.5 Å². The number of rotatable bonds is 5. The van der Waals surface area contributed by atoms with Gasteiger partial charge in [-0.05, 0) is 24.6 Å². The van der Waals surface area contributed by atoms with E-state index in [2.05, 4.69) is 5.10 Å². The first-order chi connectivity index (χ1) is 11.2. The second-order valence-corrected chi connectivity index (χ2v) is 5.14. The van der Waals surface area contributed by atoms with Crippen molar-refractivity contribution < 1.29 is 9.66 Å². The van der Waals surface area contributed by atoms with Crippen LogP contribution >= 0.6 is 0 Å². The van der Waals surface area contributed by atoms with Crippen molar-refractivity contribution in [2.24, 2.45) is 5.10 Å². The maximum atomic E-state index is 10.8. The third-order valence-electron chi connectivity index (χ3n) is 3.66. The van der Waals surface area contributed by atoms with E-state index in [-0.39, 0.29) is 11.9 Å². The third kappa shape index (κ3) is 3.22. The van der Waals surface area contributed by atoms with Crippen molar-refractivity contribution in [2.75, 3.05) is 11.6 Å². The molecular weight excluding hydrogens is 294 g/mol. The number of nitro groups is 1. The fraction of sp³-hybridized carbons (Fsp3) is 0.235. The van der Waals surface area contributed by atoms with Gasteiger partial charge in [0.25, 0.3) is 5.69 Å². The van der Waals surface area contributed by atoms with Crippen LogP contribution in [0.25, 0.3) is 0 Å². The highest BCUT2D eigenvalue weighted by Crippen LogP contribution is 2.28. The minimum absolute atomic E-state index is 0.0631. The zero-order valence-electron chi connectivity index (χ0n) is 12.8. The molecule has 2 aromatic carbocycles. The molecule has 0 spiro atoms. The van der Waals surface area contributed by atoms with Crippen LogP contribution in [0.2, 0.25) is 0 Å². The number of non-ortho nitro benzene ring substituents is 1. The van der Waals surface area contributed by atoms with Crippen molar-refractivity contribution >= 4 is 17.1 Å². The summed E-state index contributed by atoms with van der Waals surface area (Å²) < 4.78 is 5.78. The molecule has 0 saturated heterocycles. The zero-order chi connectivity index (χ0) is 16.2. The lowest BCUT2D eigenvalue weighted by Crippen LogP contribution is -2.29. The molecule has 0 N–H and O–H groups in total. The van der Waals surface area contributed by atoms with Crippen molar-refractivity contribution in [1.82, 2.24) is 0 Å². The minimum atomic E-state index is -0.410. The first kappa shape index (κ1) is 15.2. The van der Waals surface area contributed by atoms with Crippen molar-refractivity contribution in [1.29, 1.82) is 0 Å². The van der Waals surface area contributed by atoms with Crippen LogP contribution < -0.4 is 5.01 Å². The Hall–Kier alpha value is -2.73. The molecule has 0 saturated carbocycles. The summed E-state index contributed by atoms with van der Waals surface area (Å²) >= 11 is 0. The van der Waals surface area contributed by atoms with Gasteiger partial charge in [-0.2, -0.15) is 5.10 Å². The Morgan fingerprint density at radius 2 is 1.91 bits per heavy atom. The van der Waals surface area contributed by atoms with Gasteiger partial charge in [0.2, 0.25) is 0 Å². The predicted molar refractivity (Wildman–Crippen MR) is 88.6 cm³/mol. The van der Waals surface area contributed by atoms with Crippen LogP contribution in [0, 0.1) is 10.1 Å². The molecule has 1 heterocycles. The summed E-state index contributed by atoms with van der Waals surface area (Å²) in [4.78, 5) is 10.4. The summed E-state index contributed by atoms with van der Waals surface area (Å²) in [6.45, 7) is 2.51. The molecule has 0 aliphatic carbocycles. The Balaban J connectivity index is 1.90. The molecule has 1 atom stereocenters. The van der Waals surface area contributed by atoms with Crippen molar-refractivity contribution in [3.63, 3.8) is 0 Å². The fourth-order valence-electron chi connectivity index (χ4n) is 2.57. The molecule has 3 rings (SSSR count). The van der Waals surface area contributed by atoms with Crippen LogP contribution in [0.4, 0.5) is 11.4 Å². The Morgan fingerprint density at radius 1 is 1.22 bits per heavy atom. The first-order valence-electron chi connectivity index (χ1n) is 7.47. The topological polar surface area (TPSA) is 68.0 Å². The molecule has 0 bridgehead atoms. The lowest BCUT2D eigenvalue weighted by molar-refractivity contribution is -0.384. The number of hydrogen-bond acceptors (Lipinski definition) is 5. The quantitative estimate of drug-likeness (QED) is 0.625. The van der Waals surface area contributed by atoms with E-state index in [1.165, 1.54) is 12.1 Å². The van der Waals surface area contributed by atoms with E-state index >= 15 is 0 Å². The summed E-state index contributed by atoms with van der Waals surface area (Å²) in [5.74, 6) is 0. The number of ether oxygens (including phenoxy) is 1. The van der Waals surface area contributed by atoms with Gasteiger partial charge in [0, 0.05) is 25.2 Å². The van der Waals surface area contributed by atoms with Crippen LogP contribution in [0.1, 0.15) is 18.9 Å². The summed E-state index contributed by atoms with van der Waals surface area (Å²) in [6.07, 6.45) is 0.478. The average molecular weight is 311 g/mol. The van der Waals surface area contributed by atoms with E-state index in [1.807, 2.05) is 37.3 Å². The van der Waals surface area contributed by atoms with E-state index in [9.17, 15) is 10.1 Å². The minimum Gasteiger partial charge on any atom is -0.356 e. The van der Waals surface area contributed by atoms with E-state index in [0.29, 0.717) is 13.0 Å². The normalized spacial score (nSPS) is 17.2. The molecule has 6 heteroatoms. The van der Waals surface area contributed by atoms with Gasteiger partial charge in [0.15, 0.2) is 6.23 Å². The number of hydrogen-bond donors (Lipinski definition) is 0. The van der Waals surface area contributed by atoms with Crippen LogP contribution in [0.5, 0.6) is 0 Å². The summed E-state index contributed by atoms with van der Waals surface area (Å²) in [7, 11) is 0. The number of nitrogens with zero attached hydrogens (tertiary/aromatic N) is 3. The smallest absolute Gasteiger partial charge is 0.269 e. The van der Waals surface area contributed by atoms with E-state index in [1.54, 1.807) is 17.1 Å².